The molecule has 3 rings (SSSR count). The zero-order chi connectivity index (χ0) is 14.1. The largest absolute Gasteiger partial charge is 0.493 e. The third-order valence-electron chi connectivity index (χ3n) is 3.06. The normalized spacial score (nSPS) is 10.9. The molecule has 1 aromatic carbocycles. The van der Waals surface area contributed by atoms with Gasteiger partial charge in [0.15, 0.2) is 0 Å². The summed E-state index contributed by atoms with van der Waals surface area (Å²) in [6, 6.07) is 7.54. The lowest BCUT2D eigenvalue weighted by Gasteiger charge is -2.11. The van der Waals surface area contributed by atoms with E-state index in [1.807, 2.05) is 48.9 Å². The summed E-state index contributed by atoms with van der Waals surface area (Å²) >= 11 is 0. The van der Waals surface area contributed by atoms with Gasteiger partial charge in [-0.3, -0.25) is 4.57 Å². The highest BCUT2D eigenvalue weighted by Gasteiger charge is 2.09. The number of ether oxygens (including phenoxy) is 1. The average Bonchev–Trinajstić information content (AvgIpc) is 2.86. The first-order valence-corrected chi connectivity index (χ1v) is 6.51. The Balaban J connectivity index is 2.22. The highest BCUT2D eigenvalue weighted by molar-refractivity contribution is 5.88. The van der Waals surface area contributed by atoms with Crippen molar-refractivity contribution in [1.82, 2.24) is 14.5 Å². The monoisotopic (exact) mass is 268 g/mol. The number of aryl methyl sites for hydroxylation is 1. The lowest BCUT2D eigenvalue weighted by molar-refractivity contribution is 0.344. The number of benzene rings is 1. The molecule has 2 heterocycles. The number of hydrogen-bond acceptors (Lipinski definition) is 4. The number of anilines is 1. The van der Waals surface area contributed by atoms with Gasteiger partial charge in [-0.1, -0.05) is 0 Å². The van der Waals surface area contributed by atoms with Crippen molar-refractivity contribution in [3.63, 3.8) is 0 Å². The van der Waals surface area contributed by atoms with Crippen LogP contribution in [-0.2, 0) is 0 Å². The second-order valence-electron chi connectivity index (χ2n) is 4.61. The fourth-order valence-corrected chi connectivity index (χ4v) is 2.15. The number of imidazole rings is 1. The van der Waals surface area contributed by atoms with E-state index in [-0.39, 0.29) is 0 Å². The molecule has 0 bridgehead atoms. The van der Waals surface area contributed by atoms with Gasteiger partial charge in [-0.05, 0) is 32.0 Å². The van der Waals surface area contributed by atoms with Crippen LogP contribution in [0.1, 0.15) is 12.6 Å². The molecule has 3 aromatic rings. The van der Waals surface area contributed by atoms with Gasteiger partial charge in [0.05, 0.1) is 17.8 Å². The van der Waals surface area contributed by atoms with E-state index < -0.39 is 0 Å². The van der Waals surface area contributed by atoms with Crippen molar-refractivity contribution in [3.05, 3.63) is 42.5 Å². The molecule has 5 heteroatoms. The first-order valence-electron chi connectivity index (χ1n) is 6.51. The van der Waals surface area contributed by atoms with E-state index in [0.29, 0.717) is 12.3 Å². The molecule has 5 nitrogen and oxygen atoms in total. The molecule has 102 valence electrons. The minimum Gasteiger partial charge on any atom is -0.493 e. The predicted octanol–water partition coefficient (Wildman–Crippen LogP) is 2.71. The lowest BCUT2D eigenvalue weighted by atomic mass is 10.2. The molecule has 0 unspecified atom stereocenters. The molecule has 2 aromatic heterocycles. The van der Waals surface area contributed by atoms with Crippen LogP contribution in [0.4, 0.5) is 5.69 Å². The molecule has 0 aliphatic rings. The third kappa shape index (κ3) is 2.18. The summed E-state index contributed by atoms with van der Waals surface area (Å²) in [6.45, 7) is 4.50. The Labute approximate surface area is 117 Å². The van der Waals surface area contributed by atoms with Crippen molar-refractivity contribution >= 4 is 16.6 Å². The van der Waals surface area contributed by atoms with Gasteiger partial charge in [0.1, 0.15) is 17.9 Å². The molecule has 0 radical (unpaired) electrons. The maximum Gasteiger partial charge on any atom is 0.142 e. The van der Waals surface area contributed by atoms with Gasteiger partial charge in [-0.25, -0.2) is 9.97 Å². The fourth-order valence-electron chi connectivity index (χ4n) is 2.15. The van der Waals surface area contributed by atoms with Gasteiger partial charge in [0.25, 0.3) is 0 Å². The molecule has 0 spiro atoms. The van der Waals surface area contributed by atoms with E-state index in [4.69, 9.17) is 10.5 Å². The number of hydrogen-bond donors (Lipinski definition) is 1. The van der Waals surface area contributed by atoms with E-state index >= 15 is 0 Å². The SMILES string of the molecule is CCOc1cc(-n2cnc(C)c2)nc2ccc(N)cc12. The van der Waals surface area contributed by atoms with E-state index in [2.05, 4.69) is 9.97 Å². The molecule has 0 saturated carbocycles. The van der Waals surface area contributed by atoms with Crippen LogP contribution in [-0.4, -0.2) is 21.1 Å². The molecule has 0 aliphatic heterocycles. The molecule has 2 N–H and O–H groups in total. The van der Waals surface area contributed by atoms with Crippen LogP contribution in [0.25, 0.3) is 16.7 Å². The summed E-state index contributed by atoms with van der Waals surface area (Å²) in [5.41, 5.74) is 8.34. The zero-order valence-corrected chi connectivity index (χ0v) is 11.5. The van der Waals surface area contributed by atoms with Gasteiger partial charge >= 0.3 is 0 Å². The number of nitrogen functional groups attached to an aromatic ring is 1. The molecular formula is C15H16N4O. The summed E-state index contributed by atoms with van der Waals surface area (Å²) < 4.78 is 7.60. The Bertz CT molecular complexity index is 764. The summed E-state index contributed by atoms with van der Waals surface area (Å²) in [5, 5.41) is 0.924. The number of fused-ring (bicyclic) bond motifs is 1. The number of rotatable bonds is 3. The first kappa shape index (κ1) is 12.5. The first-order chi connectivity index (χ1) is 9.67. The third-order valence-corrected chi connectivity index (χ3v) is 3.06. The van der Waals surface area contributed by atoms with Crippen LogP contribution >= 0.6 is 0 Å². The van der Waals surface area contributed by atoms with Gasteiger partial charge in [-0.15, -0.1) is 0 Å². The second-order valence-corrected chi connectivity index (χ2v) is 4.61. The smallest absolute Gasteiger partial charge is 0.142 e. The summed E-state index contributed by atoms with van der Waals surface area (Å²) in [6.07, 6.45) is 3.68. The van der Waals surface area contributed by atoms with Crippen LogP contribution in [0.2, 0.25) is 0 Å². The van der Waals surface area contributed by atoms with Crippen LogP contribution in [0, 0.1) is 6.92 Å². The minimum atomic E-state index is 0.594. The van der Waals surface area contributed by atoms with Crippen molar-refractivity contribution in [3.8, 4) is 11.6 Å². The van der Waals surface area contributed by atoms with Crippen LogP contribution in [0.3, 0.4) is 0 Å². The Hall–Kier alpha value is -2.56. The Kier molecular flexibility index (Phi) is 3.02. The van der Waals surface area contributed by atoms with E-state index in [1.165, 1.54) is 0 Å². The van der Waals surface area contributed by atoms with Gasteiger partial charge in [0, 0.05) is 23.3 Å². The summed E-state index contributed by atoms with van der Waals surface area (Å²) in [7, 11) is 0. The van der Waals surface area contributed by atoms with Crippen LogP contribution < -0.4 is 10.5 Å². The quantitative estimate of drug-likeness (QED) is 0.742. The van der Waals surface area contributed by atoms with E-state index in [0.717, 1.165) is 28.2 Å². The molecule has 0 atom stereocenters. The maximum absolute atomic E-state index is 5.84. The van der Waals surface area contributed by atoms with Crippen molar-refractivity contribution in [2.45, 2.75) is 13.8 Å². The second kappa shape index (κ2) is 4.85. The maximum atomic E-state index is 5.84. The van der Waals surface area contributed by atoms with Crippen molar-refractivity contribution in [2.24, 2.45) is 0 Å². The predicted molar refractivity (Wildman–Crippen MR) is 79.2 cm³/mol. The average molecular weight is 268 g/mol. The highest BCUT2D eigenvalue weighted by Crippen LogP contribution is 2.28. The molecule has 20 heavy (non-hydrogen) atoms. The topological polar surface area (TPSA) is 66.0 Å². The number of nitrogens with two attached hydrogens (primary N) is 1. The standard InChI is InChI=1S/C15H16N4O/c1-3-20-14-7-15(19-8-10(2)17-9-19)18-13-5-4-11(16)6-12(13)14/h4-9H,3,16H2,1-2H3. The fraction of sp³-hybridized carbons (Fsp3) is 0.200. The zero-order valence-electron chi connectivity index (χ0n) is 11.5. The van der Waals surface area contributed by atoms with Crippen LogP contribution in [0.5, 0.6) is 5.75 Å². The number of nitrogens with zero attached hydrogens (tertiary/aromatic N) is 3. The number of pyridine rings is 1. The lowest BCUT2D eigenvalue weighted by Crippen LogP contribution is -2.00. The minimum absolute atomic E-state index is 0.594. The Morgan fingerprint density at radius 3 is 2.85 bits per heavy atom. The summed E-state index contributed by atoms with van der Waals surface area (Å²) in [5.74, 6) is 1.57. The molecule has 0 fully saturated rings. The molecular weight excluding hydrogens is 252 g/mol. The van der Waals surface area contributed by atoms with Gasteiger partial charge < -0.3 is 10.5 Å². The number of aromatic nitrogens is 3. The molecule has 0 saturated heterocycles. The van der Waals surface area contributed by atoms with E-state index in [1.54, 1.807) is 6.33 Å². The Morgan fingerprint density at radius 2 is 2.15 bits per heavy atom. The van der Waals surface area contributed by atoms with Crippen molar-refractivity contribution < 1.29 is 4.74 Å². The van der Waals surface area contributed by atoms with Gasteiger partial charge in [-0.2, -0.15) is 0 Å². The van der Waals surface area contributed by atoms with Crippen LogP contribution in [0.15, 0.2) is 36.8 Å². The summed E-state index contributed by atoms with van der Waals surface area (Å²) in [4.78, 5) is 8.86. The molecule has 0 amide bonds. The van der Waals surface area contributed by atoms with Crippen molar-refractivity contribution in [2.75, 3.05) is 12.3 Å². The van der Waals surface area contributed by atoms with E-state index in [9.17, 15) is 0 Å². The highest BCUT2D eigenvalue weighted by atomic mass is 16.5. The van der Waals surface area contributed by atoms with Gasteiger partial charge in [0.2, 0.25) is 0 Å². The Morgan fingerprint density at radius 1 is 1.30 bits per heavy atom. The molecule has 0 aliphatic carbocycles. The van der Waals surface area contributed by atoms with Crippen molar-refractivity contribution in [1.29, 1.82) is 0 Å².